The number of nitrogens with two attached hydrogens (primary N) is 1. The average Bonchev–Trinajstić information content (AvgIpc) is 2.50. The molecule has 0 aliphatic rings. The summed E-state index contributed by atoms with van der Waals surface area (Å²) in [6.07, 6.45) is 2.62. The van der Waals surface area contributed by atoms with Gasteiger partial charge in [0.15, 0.2) is 0 Å². The Balaban J connectivity index is 0.00000484. The first-order chi connectivity index (χ1) is 10.4. The van der Waals surface area contributed by atoms with Crippen LogP contribution in [0.5, 0.6) is 0 Å². The zero-order chi connectivity index (χ0) is 16.6. The first kappa shape index (κ1) is 21.9. The second-order valence-corrected chi connectivity index (χ2v) is 6.90. The van der Waals surface area contributed by atoms with E-state index in [2.05, 4.69) is 9.46 Å². The van der Waals surface area contributed by atoms with Crippen molar-refractivity contribution < 1.29 is 17.9 Å². The van der Waals surface area contributed by atoms with E-state index in [4.69, 9.17) is 5.73 Å². The van der Waals surface area contributed by atoms with E-state index >= 15 is 0 Å². The van der Waals surface area contributed by atoms with Crippen LogP contribution in [0.3, 0.4) is 0 Å². The molecule has 0 aromatic heterocycles. The van der Waals surface area contributed by atoms with Gasteiger partial charge in [-0.1, -0.05) is 31.9 Å². The number of benzene rings is 1. The minimum Gasteiger partial charge on any atom is -0.465 e. The van der Waals surface area contributed by atoms with E-state index in [0.29, 0.717) is 17.5 Å². The van der Waals surface area contributed by atoms with Gasteiger partial charge in [0.2, 0.25) is 10.0 Å². The van der Waals surface area contributed by atoms with Crippen LogP contribution in [0.2, 0.25) is 0 Å². The third kappa shape index (κ3) is 7.78. The van der Waals surface area contributed by atoms with Gasteiger partial charge in [0.25, 0.3) is 0 Å². The summed E-state index contributed by atoms with van der Waals surface area (Å²) < 4.78 is 31.6. The molecule has 0 radical (unpaired) electrons. The van der Waals surface area contributed by atoms with Crippen molar-refractivity contribution in [1.82, 2.24) is 4.72 Å². The Morgan fingerprint density at radius 2 is 2.09 bits per heavy atom. The number of hydrogen-bond donors (Lipinski definition) is 2. The number of halogens is 1. The van der Waals surface area contributed by atoms with E-state index in [1.165, 1.54) is 13.2 Å². The Kier molecular flexibility index (Phi) is 10.1. The molecule has 1 unspecified atom stereocenters. The maximum Gasteiger partial charge on any atom is 0.337 e. The van der Waals surface area contributed by atoms with Gasteiger partial charge in [-0.2, -0.15) is 0 Å². The van der Waals surface area contributed by atoms with Crippen molar-refractivity contribution in [2.75, 3.05) is 13.7 Å². The van der Waals surface area contributed by atoms with Crippen molar-refractivity contribution in [2.24, 2.45) is 5.73 Å². The molecule has 1 aromatic carbocycles. The van der Waals surface area contributed by atoms with Crippen LogP contribution in [-0.4, -0.2) is 34.1 Å². The number of ether oxygens (including phenoxy) is 1. The van der Waals surface area contributed by atoms with Crippen LogP contribution in [0.1, 0.15) is 42.1 Å². The van der Waals surface area contributed by atoms with Crippen molar-refractivity contribution in [2.45, 2.75) is 38.0 Å². The highest BCUT2D eigenvalue weighted by atomic mass is 35.5. The van der Waals surface area contributed by atoms with E-state index in [9.17, 15) is 13.2 Å². The van der Waals surface area contributed by atoms with Crippen LogP contribution in [0.25, 0.3) is 0 Å². The topological polar surface area (TPSA) is 98.5 Å². The third-order valence-electron chi connectivity index (χ3n) is 3.24. The standard InChI is InChI=1S/C15H24N2O4S.ClH/c1-3-4-8-14(10-16)17-22(19,20)11-12-6-5-7-13(9-12)15(18)21-2;/h5-7,9,14,17H,3-4,8,10-11,16H2,1-2H3;1H. The smallest absolute Gasteiger partial charge is 0.337 e. The normalized spacial score (nSPS) is 12.3. The molecule has 1 rings (SSSR count). The lowest BCUT2D eigenvalue weighted by atomic mass is 10.1. The largest absolute Gasteiger partial charge is 0.465 e. The molecule has 6 nitrogen and oxygen atoms in total. The van der Waals surface area contributed by atoms with Gasteiger partial charge in [0, 0.05) is 12.6 Å². The molecule has 0 heterocycles. The van der Waals surface area contributed by atoms with Gasteiger partial charge in [-0.25, -0.2) is 17.9 Å². The summed E-state index contributed by atoms with van der Waals surface area (Å²) in [6, 6.07) is 6.14. The van der Waals surface area contributed by atoms with Gasteiger partial charge >= 0.3 is 5.97 Å². The number of rotatable bonds is 9. The van der Waals surface area contributed by atoms with Crippen LogP contribution in [0.4, 0.5) is 0 Å². The van der Waals surface area contributed by atoms with Gasteiger partial charge in [0.1, 0.15) is 0 Å². The SMILES string of the molecule is CCCCC(CN)NS(=O)(=O)Cc1cccc(C(=O)OC)c1.Cl. The number of nitrogens with one attached hydrogen (secondary N) is 1. The summed E-state index contributed by atoms with van der Waals surface area (Å²) in [5, 5.41) is 0. The molecule has 23 heavy (non-hydrogen) atoms. The second kappa shape index (κ2) is 10.6. The molecule has 0 aliphatic heterocycles. The Morgan fingerprint density at radius 3 is 2.65 bits per heavy atom. The summed E-state index contributed by atoms with van der Waals surface area (Å²) in [5.41, 5.74) is 6.47. The fourth-order valence-corrected chi connectivity index (χ4v) is 3.52. The molecule has 1 aromatic rings. The highest BCUT2D eigenvalue weighted by Crippen LogP contribution is 2.11. The monoisotopic (exact) mass is 364 g/mol. The van der Waals surface area contributed by atoms with E-state index in [1.807, 2.05) is 6.92 Å². The molecule has 0 spiro atoms. The van der Waals surface area contributed by atoms with Crippen LogP contribution in [0, 0.1) is 0 Å². The van der Waals surface area contributed by atoms with Crippen LogP contribution in [0.15, 0.2) is 24.3 Å². The zero-order valence-corrected chi connectivity index (χ0v) is 15.1. The molecule has 0 saturated carbocycles. The second-order valence-electron chi connectivity index (χ2n) is 5.14. The van der Waals surface area contributed by atoms with Crippen LogP contribution in [-0.2, 0) is 20.5 Å². The minimum absolute atomic E-state index is 0. The first-order valence-electron chi connectivity index (χ1n) is 7.29. The van der Waals surface area contributed by atoms with Crippen LogP contribution >= 0.6 is 12.4 Å². The fourth-order valence-electron chi connectivity index (χ4n) is 2.10. The molecule has 132 valence electrons. The summed E-state index contributed by atoms with van der Waals surface area (Å²) in [7, 11) is -2.22. The summed E-state index contributed by atoms with van der Waals surface area (Å²) in [5.74, 6) is -0.685. The maximum atomic E-state index is 12.2. The molecular weight excluding hydrogens is 340 g/mol. The summed E-state index contributed by atoms with van der Waals surface area (Å²) >= 11 is 0. The number of sulfonamides is 1. The molecule has 0 aliphatic carbocycles. The molecular formula is C15H25ClN2O4S. The van der Waals surface area contributed by atoms with E-state index in [-0.39, 0.29) is 30.7 Å². The van der Waals surface area contributed by atoms with E-state index < -0.39 is 16.0 Å². The Hall–Kier alpha value is -1.15. The Labute approximate surface area is 144 Å². The van der Waals surface area contributed by atoms with Crippen molar-refractivity contribution in [1.29, 1.82) is 0 Å². The summed E-state index contributed by atoms with van der Waals surface area (Å²) in [4.78, 5) is 11.5. The number of hydrogen-bond acceptors (Lipinski definition) is 5. The fraction of sp³-hybridized carbons (Fsp3) is 0.533. The third-order valence-corrected chi connectivity index (χ3v) is 4.65. The minimum atomic E-state index is -3.51. The number of esters is 1. The van der Waals surface area contributed by atoms with Gasteiger partial charge in [-0.05, 0) is 24.1 Å². The molecule has 8 heteroatoms. The number of unbranched alkanes of at least 4 members (excludes halogenated alkanes) is 1. The molecule has 3 N–H and O–H groups in total. The average molecular weight is 365 g/mol. The maximum absolute atomic E-state index is 12.2. The lowest BCUT2D eigenvalue weighted by molar-refractivity contribution is 0.0600. The van der Waals surface area contributed by atoms with E-state index in [0.717, 1.165) is 12.8 Å². The molecule has 0 saturated heterocycles. The molecule has 0 bridgehead atoms. The van der Waals surface area contributed by atoms with Crippen LogP contribution < -0.4 is 10.5 Å². The summed E-state index contributed by atoms with van der Waals surface area (Å²) in [6.45, 7) is 2.31. The lowest BCUT2D eigenvalue weighted by Crippen LogP contribution is -2.40. The predicted molar refractivity (Wildman–Crippen MR) is 93.2 cm³/mol. The van der Waals surface area contributed by atoms with Crippen molar-refractivity contribution in [3.63, 3.8) is 0 Å². The molecule has 0 fully saturated rings. The molecule has 1 atom stereocenters. The lowest BCUT2D eigenvalue weighted by Gasteiger charge is -2.16. The molecule has 0 amide bonds. The van der Waals surface area contributed by atoms with Gasteiger partial charge < -0.3 is 10.5 Å². The first-order valence-corrected chi connectivity index (χ1v) is 8.94. The van der Waals surface area contributed by atoms with Crippen molar-refractivity contribution in [3.05, 3.63) is 35.4 Å². The Morgan fingerprint density at radius 1 is 1.39 bits per heavy atom. The number of methoxy groups -OCH3 is 1. The van der Waals surface area contributed by atoms with E-state index in [1.54, 1.807) is 18.2 Å². The Bertz CT molecular complexity index is 593. The van der Waals surface area contributed by atoms with Gasteiger partial charge in [-0.15, -0.1) is 12.4 Å². The highest BCUT2D eigenvalue weighted by Gasteiger charge is 2.18. The zero-order valence-electron chi connectivity index (χ0n) is 13.4. The quantitative estimate of drug-likeness (QED) is 0.651. The highest BCUT2D eigenvalue weighted by molar-refractivity contribution is 7.88. The van der Waals surface area contributed by atoms with Crippen molar-refractivity contribution >= 4 is 28.4 Å². The number of carbonyl (C=O) groups is 1. The number of carbonyl (C=O) groups excluding carboxylic acids is 1. The van der Waals surface area contributed by atoms with Crippen molar-refractivity contribution in [3.8, 4) is 0 Å². The van der Waals surface area contributed by atoms with Gasteiger partial charge in [0.05, 0.1) is 18.4 Å². The van der Waals surface area contributed by atoms with Gasteiger partial charge in [-0.3, -0.25) is 0 Å². The predicted octanol–water partition coefficient (Wildman–Crippen LogP) is 1.83.